The molecule has 0 radical (unpaired) electrons. The van der Waals surface area contributed by atoms with Crippen LogP contribution in [-0.4, -0.2) is 12.0 Å². The molecule has 0 aromatic heterocycles. The van der Waals surface area contributed by atoms with E-state index in [1.54, 1.807) is 42.5 Å². The standard InChI is InChI=1S/C23H16BrFN2O4/c1-30-22-11-17(9-18(13-26)15-6-4-7-19(10-15)27(28)29)20(24)12-23(22)31-14-16-5-2-3-8-21(16)25/h2-12H,14H2,1H3/b18-9-. The van der Waals surface area contributed by atoms with E-state index in [0.29, 0.717) is 32.7 Å². The molecule has 0 saturated carbocycles. The third kappa shape index (κ3) is 5.27. The number of halogens is 2. The Morgan fingerprint density at radius 3 is 2.65 bits per heavy atom. The number of nitro groups is 1. The summed E-state index contributed by atoms with van der Waals surface area (Å²) < 4.78 is 25.6. The van der Waals surface area contributed by atoms with Crippen LogP contribution >= 0.6 is 15.9 Å². The van der Waals surface area contributed by atoms with Gasteiger partial charge >= 0.3 is 0 Å². The molecule has 8 heteroatoms. The second-order valence-electron chi connectivity index (χ2n) is 6.38. The van der Waals surface area contributed by atoms with Gasteiger partial charge < -0.3 is 9.47 Å². The molecule has 31 heavy (non-hydrogen) atoms. The Morgan fingerprint density at radius 2 is 1.97 bits per heavy atom. The molecule has 0 unspecified atom stereocenters. The Balaban J connectivity index is 1.93. The molecule has 0 heterocycles. The van der Waals surface area contributed by atoms with Crippen molar-refractivity contribution in [2.24, 2.45) is 0 Å². The van der Waals surface area contributed by atoms with Crippen LogP contribution in [0, 0.1) is 27.3 Å². The molecule has 0 amide bonds. The largest absolute Gasteiger partial charge is 0.493 e. The summed E-state index contributed by atoms with van der Waals surface area (Å²) in [6.45, 7) is 0.0157. The van der Waals surface area contributed by atoms with Crippen LogP contribution in [0.2, 0.25) is 0 Å². The fraction of sp³-hybridized carbons (Fsp3) is 0.0870. The third-order valence-electron chi connectivity index (χ3n) is 4.41. The average Bonchev–Trinajstić information content (AvgIpc) is 2.78. The Hall–Kier alpha value is -3.70. The quantitative estimate of drug-likeness (QED) is 0.174. The van der Waals surface area contributed by atoms with Crippen LogP contribution in [-0.2, 0) is 6.61 Å². The summed E-state index contributed by atoms with van der Waals surface area (Å²) in [5.41, 5.74) is 1.57. The second kappa shape index (κ2) is 9.87. The van der Waals surface area contributed by atoms with Crippen molar-refractivity contribution >= 4 is 33.3 Å². The van der Waals surface area contributed by atoms with Gasteiger partial charge in [0.15, 0.2) is 11.5 Å². The van der Waals surface area contributed by atoms with Crippen LogP contribution in [0.3, 0.4) is 0 Å². The van der Waals surface area contributed by atoms with Crippen molar-refractivity contribution in [3.8, 4) is 17.6 Å². The van der Waals surface area contributed by atoms with E-state index in [2.05, 4.69) is 22.0 Å². The zero-order valence-electron chi connectivity index (χ0n) is 16.3. The molecule has 0 aliphatic carbocycles. The van der Waals surface area contributed by atoms with Crippen LogP contribution in [0.15, 0.2) is 65.1 Å². The molecule has 3 aromatic carbocycles. The molecule has 3 rings (SSSR count). The maximum absolute atomic E-state index is 13.8. The number of hydrogen-bond acceptors (Lipinski definition) is 5. The van der Waals surface area contributed by atoms with Gasteiger partial charge in [-0.05, 0) is 35.4 Å². The minimum absolute atomic E-state index is 0.0157. The monoisotopic (exact) mass is 482 g/mol. The van der Waals surface area contributed by atoms with Crippen molar-refractivity contribution in [1.29, 1.82) is 5.26 Å². The van der Waals surface area contributed by atoms with E-state index in [1.165, 1.54) is 31.4 Å². The lowest BCUT2D eigenvalue weighted by atomic mass is 10.0. The molecule has 156 valence electrons. The number of hydrogen-bond donors (Lipinski definition) is 0. The Kier molecular flexibility index (Phi) is 7.00. The molecule has 0 aliphatic heterocycles. The number of benzene rings is 3. The summed E-state index contributed by atoms with van der Waals surface area (Å²) in [4.78, 5) is 10.5. The topological polar surface area (TPSA) is 85.4 Å². The molecular formula is C23H16BrFN2O4. The van der Waals surface area contributed by atoms with Gasteiger partial charge in [0.1, 0.15) is 12.4 Å². The number of methoxy groups -OCH3 is 1. The highest BCUT2D eigenvalue weighted by Gasteiger charge is 2.13. The van der Waals surface area contributed by atoms with Gasteiger partial charge in [-0.25, -0.2) is 4.39 Å². The lowest BCUT2D eigenvalue weighted by Gasteiger charge is -2.13. The number of allylic oxidation sites excluding steroid dienone is 1. The molecule has 0 atom stereocenters. The summed E-state index contributed by atoms with van der Waals surface area (Å²) in [6.07, 6.45) is 1.59. The van der Waals surface area contributed by atoms with Gasteiger partial charge in [0, 0.05) is 22.2 Å². The van der Waals surface area contributed by atoms with Crippen LogP contribution in [0.25, 0.3) is 11.6 Å². The third-order valence-corrected chi connectivity index (χ3v) is 5.10. The van der Waals surface area contributed by atoms with Gasteiger partial charge in [0.2, 0.25) is 0 Å². The maximum atomic E-state index is 13.8. The average molecular weight is 483 g/mol. The Morgan fingerprint density at radius 1 is 1.19 bits per heavy atom. The predicted octanol–water partition coefficient (Wildman–Crippen LogP) is 6.15. The number of rotatable bonds is 7. The summed E-state index contributed by atoms with van der Waals surface area (Å²) in [6, 6.07) is 17.6. The van der Waals surface area contributed by atoms with Crippen molar-refractivity contribution in [2.45, 2.75) is 6.61 Å². The van der Waals surface area contributed by atoms with E-state index < -0.39 is 4.92 Å². The second-order valence-corrected chi connectivity index (χ2v) is 7.24. The molecule has 0 fully saturated rings. The lowest BCUT2D eigenvalue weighted by Crippen LogP contribution is -2.00. The van der Waals surface area contributed by atoms with Crippen LogP contribution in [0.4, 0.5) is 10.1 Å². The SMILES string of the molecule is COc1cc(/C=C(/C#N)c2cccc([N+](=O)[O-])c2)c(Br)cc1OCc1ccccc1F. The van der Waals surface area contributed by atoms with E-state index in [1.807, 2.05) is 0 Å². The predicted molar refractivity (Wildman–Crippen MR) is 118 cm³/mol. The van der Waals surface area contributed by atoms with Gasteiger partial charge in [0.05, 0.1) is 23.7 Å². The van der Waals surface area contributed by atoms with Crippen LogP contribution < -0.4 is 9.47 Å². The van der Waals surface area contributed by atoms with E-state index in [4.69, 9.17) is 9.47 Å². The van der Waals surface area contributed by atoms with Crippen molar-refractivity contribution in [3.05, 3.63) is 97.8 Å². The van der Waals surface area contributed by atoms with Crippen molar-refractivity contribution < 1.29 is 18.8 Å². The van der Waals surface area contributed by atoms with Crippen molar-refractivity contribution in [2.75, 3.05) is 7.11 Å². The first-order valence-electron chi connectivity index (χ1n) is 9.03. The molecule has 6 nitrogen and oxygen atoms in total. The summed E-state index contributed by atoms with van der Waals surface area (Å²) in [7, 11) is 1.47. The highest BCUT2D eigenvalue weighted by molar-refractivity contribution is 9.10. The summed E-state index contributed by atoms with van der Waals surface area (Å²) >= 11 is 3.45. The summed E-state index contributed by atoms with van der Waals surface area (Å²) in [5.74, 6) is 0.418. The minimum atomic E-state index is -0.515. The molecular weight excluding hydrogens is 467 g/mol. The molecule has 3 aromatic rings. The Bertz CT molecular complexity index is 1200. The van der Waals surface area contributed by atoms with Gasteiger partial charge in [-0.2, -0.15) is 5.26 Å². The van der Waals surface area contributed by atoms with E-state index in [-0.39, 0.29) is 23.7 Å². The van der Waals surface area contributed by atoms with Crippen LogP contribution in [0.5, 0.6) is 11.5 Å². The first-order chi connectivity index (χ1) is 14.9. The van der Waals surface area contributed by atoms with E-state index in [0.717, 1.165) is 0 Å². The molecule has 0 N–H and O–H groups in total. The number of nitriles is 1. The number of nitro benzene ring substituents is 1. The first kappa shape index (κ1) is 22.0. The van der Waals surface area contributed by atoms with Gasteiger partial charge in [-0.1, -0.05) is 46.3 Å². The molecule has 0 saturated heterocycles. The number of non-ortho nitro benzene ring substituents is 1. The number of nitrogens with zero attached hydrogens (tertiary/aromatic N) is 2. The zero-order chi connectivity index (χ0) is 22.4. The van der Waals surface area contributed by atoms with Crippen molar-refractivity contribution in [1.82, 2.24) is 0 Å². The molecule has 0 bridgehead atoms. The highest BCUT2D eigenvalue weighted by atomic mass is 79.9. The maximum Gasteiger partial charge on any atom is 0.270 e. The van der Waals surface area contributed by atoms with Gasteiger partial charge in [0.25, 0.3) is 5.69 Å². The van der Waals surface area contributed by atoms with E-state index >= 15 is 0 Å². The summed E-state index contributed by atoms with van der Waals surface area (Å²) in [5, 5.41) is 20.6. The molecule has 0 spiro atoms. The highest BCUT2D eigenvalue weighted by Crippen LogP contribution is 2.36. The van der Waals surface area contributed by atoms with E-state index in [9.17, 15) is 19.8 Å². The van der Waals surface area contributed by atoms with Gasteiger partial charge in [-0.3, -0.25) is 10.1 Å². The smallest absolute Gasteiger partial charge is 0.270 e. The minimum Gasteiger partial charge on any atom is -0.493 e. The zero-order valence-corrected chi connectivity index (χ0v) is 17.9. The Labute approximate surface area is 186 Å². The lowest BCUT2D eigenvalue weighted by molar-refractivity contribution is -0.384. The fourth-order valence-corrected chi connectivity index (χ4v) is 3.26. The normalized spacial score (nSPS) is 11.0. The first-order valence-corrected chi connectivity index (χ1v) is 9.82. The number of ether oxygens (including phenoxy) is 2. The molecule has 0 aliphatic rings. The van der Waals surface area contributed by atoms with Crippen LogP contribution in [0.1, 0.15) is 16.7 Å². The van der Waals surface area contributed by atoms with Crippen molar-refractivity contribution in [3.63, 3.8) is 0 Å². The fourth-order valence-electron chi connectivity index (χ4n) is 2.83. The van der Waals surface area contributed by atoms with Gasteiger partial charge in [-0.15, -0.1) is 0 Å².